The van der Waals surface area contributed by atoms with Crippen LogP contribution in [0.15, 0.2) is 40.3 Å². The van der Waals surface area contributed by atoms with Crippen LogP contribution in [0.5, 0.6) is 0 Å². The van der Waals surface area contributed by atoms with Gasteiger partial charge in [-0.05, 0) is 25.0 Å². The molecule has 0 unspecified atom stereocenters. The molecule has 1 heterocycles. The van der Waals surface area contributed by atoms with Crippen LogP contribution in [-0.2, 0) is 22.7 Å². The smallest absolute Gasteiger partial charge is 0.303 e. The first kappa shape index (κ1) is 16.6. The molecule has 0 aliphatic rings. The highest BCUT2D eigenvalue weighted by atomic mass is 32.2. The molecule has 0 atom stereocenters. The van der Waals surface area contributed by atoms with Crippen molar-refractivity contribution in [3.05, 3.63) is 41.9 Å². The van der Waals surface area contributed by atoms with Crippen LogP contribution in [0.2, 0.25) is 0 Å². The molecule has 1 aromatic heterocycles. The zero-order valence-electron chi connectivity index (χ0n) is 13.5. The Hall–Kier alpha value is -1.75. The quantitative estimate of drug-likeness (QED) is 0.747. The number of esters is 1. The van der Waals surface area contributed by atoms with Gasteiger partial charge in [-0.15, -0.1) is 0 Å². The van der Waals surface area contributed by atoms with Crippen LogP contribution in [0.4, 0.5) is 0 Å². The summed E-state index contributed by atoms with van der Waals surface area (Å²) in [7, 11) is 0. The summed E-state index contributed by atoms with van der Waals surface area (Å²) in [4.78, 5) is 17.0. The van der Waals surface area contributed by atoms with Crippen LogP contribution in [0, 0.1) is 0 Å². The minimum atomic E-state index is -0.283. The lowest BCUT2D eigenvalue weighted by Crippen LogP contribution is -2.07. The number of ether oxygens (including phenoxy) is 1. The summed E-state index contributed by atoms with van der Waals surface area (Å²) >= 11 is 1.71. The highest BCUT2D eigenvalue weighted by Gasteiger charge is 2.20. The summed E-state index contributed by atoms with van der Waals surface area (Å²) < 4.78 is 7.27. The molecule has 118 valence electrons. The van der Waals surface area contributed by atoms with Crippen molar-refractivity contribution < 1.29 is 9.53 Å². The Labute approximate surface area is 135 Å². The van der Waals surface area contributed by atoms with Crippen molar-refractivity contribution in [3.8, 4) is 0 Å². The van der Waals surface area contributed by atoms with Crippen molar-refractivity contribution in [2.45, 2.75) is 56.7 Å². The van der Waals surface area contributed by atoms with Crippen molar-refractivity contribution in [1.82, 2.24) is 9.55 Å². The molecule has 0 N–H and O–H groups in total. The largest absolute Gasteiger partial charge is 0.458 e. The van der Waals surface area contributed by atoms with E-state index < -0.39 is 0 Å². The van der Waals surface area contributed by atoms with Crippen molar-refractivity contribution in [3.63, 3.8) is 0 Å². The maximum atomic E-state index is 11.1. The van der Waals surface area contributed by atoms with E-state index in [0.29, 0.717) is 5.92 Å². The third-order valence-electron chi connectivity index (χ3n) is 3.25. The molecule has 22 heavy (non-hydrogen) atoms. The second-order valence-electron chi connectivity index (χ2n) is 5.31. The zero-order valence-corrected chi connectivity index (χ0v) is 14.3. The summed E-state index contributed by atoms with van der Waals surface area (Å²) in [6.45, 7) is 8.78. The zero-order chi connectivity index (χ0) is 16.1. The number of nitrogens with zero attached hydrogens (tertiary/aromatic N) is 2. The summed E-state index contributed by atoms with van der Waals surface area (Å²) in [6, 6.07) is 10.3. The number of aromatic nitrogens is 2. The SMILES string of the molecule is CCn1c(COC(C)=O)nc(C(C)C)c1Sc1ccccc1. The van der Waals surface area contributed by atoms with Gasteiger partial charge in [0, 0.05) is 18.4 Å². The molecule has 0 saturated heterocycles. The van der Waals surface area contributed by atoms with E-state index in [-0.39, 0.29) is 12.6 Å². The van der Waals surface area contributed by atoms with Gasteiger partial charge in [-0.3, -0.25) is 4.79 Å². The van der Waals surface area contributed by atoms with Gasteiger partial charge in [0.25, 0.3) is 0 Å². The Morgan fingerprint density at radius 1 is 1.32 bits per heavy atom. The molecule has 0 radical (unpaired) electrons. The molecule has 0 amide bonds. The standard InChI is InChI=1S/C17H22N2O2S/c1-5-19-15(11-21-13(4)20)18-16(12(2)3)17(19)22-14-9-7-6-8-10-14/h6-10,12H,5,11H2,1-4H3. The molecular weight excluding hydrogens is 296 g/mol. The molecule has 4 nitrogen and oxygen atoms in total. The fourth-order valence-electron chi connectivity index (χ4n) is 2.19. The van der Waals surface area contributed by atoms with Gasteiger partial charge in [-0.2, -0.15) is 0 Å². The predicted octanol–water partition coefficient (Wildman–Crippen LogP) is 4.24. The number of carbonyl (C=O) groups excluding carboxylic acids is 1. The van der Waals surface area contributed by atoms with Gasteiger partial charge in [-0.1, -0.05) is 43.8 Å². The van der Waals surface area contributed by atoms with Gasteiger partial charge < -0.3 is 9.30 Å². The number of imidazole rings is 1. The van der Waals surface area contributed by atoms with Gasteiger partial charge in [0.1, 0.15) is 17.5 Å². The molecule has 0 aliphatic heterocycles. The van der Waals surface area contributed by atoms with Crippen LogP contribution in [0.3, 0.4) is 0 Å². The normalized spacial score (nSPS) is 11.0. The van der Waals surface area contributed by atoms with Gasteiger partial charge in [0.2, 0.25) is 0 Å². The molecular formula is C17H22N2O2S. The van der Waals surface area contributed by atoms with Gasteiger partial charge in [0.05, 0.1) is 5.69 Å². The molecule has 2 rings (SSSR count). The van der Waals surface area contributed by atoms with Crippen molar-refractivity contribution in [2.75, 3.05) is 0 Å². The Kier molecular flexibility index (Phi) is 5.66. The molecule has 0 saturated carbocycles. The fraction of sp³-hybridized carbons (Fsp3) is 0.412. The second kappa shape index (κ2) is 7.49. The van der Waals surface area contributed by atoms with E-state index in [2.05, 4.69) is 37.5 Å². The van der Waals surface area contributed by atoms with Crippen LogP contribution in [0.25, 0.3) is 0 Å². The highest BCUT2D eigenvalue weighted by molar-refractivity contribution is 7.99. The van der Waals surface area contributed by atoms with E-state index in [1.807, 2.05) is 18.2 Å². The fourth-order valence-corrected chi connectivity index (χ4v) is 3.44. The average molecular weight is 318 g/mol. The summed E-state index contributed by atoms with van der Waals surface area (Å²) in [6.07, 6.45) is 0. The van der Waals surface area contributed by atoms with E-state index in [0.717, 1.165) is 23.1 Å². The maximum absolute atomic E-state index is 11.1. The Balaban J connectivity index is 2.38. The lowest BCUT2D eigenvalue weighted by molar-refractivity contribution is -0.142. The Morgan fingerprint density at radius 2 is 2.00 bits per heavy atom. The average Bonchev–Trinajstić information content (AvgIpc) is 2.84. The number of rotatable bonds is 6. The van der Waals surface area contributed by atoms with Crippen LogP contribution < -0.4 is 0 Å². The Morgan fingerprint density at radius 3 is 2.55 bits per heavy atom. The number of hydrogen-bond acceptors (Lipinski definition) is 4. The maximum Gasteiger partial charge on any atom is 0.303 e. The number of hydrogen-bond donors (Lipinski definition) is 0. The van der Waals surface area contributed by atoms with Gasteiger partial charge in [0.15, 0.2) is 0 Å². The van der Waals surface area contributed by atoms with Gasteiger partial charge >= 0.3 is 5.97 Å². The first-order valence-electron chi connectivity index (χ1n) is 7.48. The van der Waals surface area contributed by atoms with Crippen molar-refractivity contribution in [2.24, 2.45) is 0 Å². The third-order valence-corrected chi connectivity index (χ3v) is 4.38. The summed E-state index contributed by atoms with van der Waals surface area (Å²) in [5.41, 5.74) is 1.05. The van der Waals surface area contributed by atoms with Crippen LogP contribution in [-0.4, -0.2) is 15.5 Å². The topological polar surface area (TPSA) is 44.1 Å². The van der Waals surface area contributed by atoms with Crippen LogP contribution in [0.1, 0.15) is 45.1 Å². The summed E-state index contributed by atoms with van der Waals surface area (Å²) in [5, 5.41) is 1.13. The summed E-state index contributed by atoms with van der Waals surface area (Å²) in [5.74, 6) is 0.837. The highest BCUT2D eigenvalue weighted by Crippen LogP contribution is 2.34. The lowest BCUT2D eigenvalue weighted by Gasteiger charge is -2.11. The van der Waals surface area contributed by atoms with Gasteiger partial charge in [-0.25, -0.2) is 4.98 Å². The molecule has 0 aliphatic carbocycles. The minimum Gasteiger partial charge on any atom is -0.458 e. The molecule has 5 heteroatoms. The molecule has 2 aromatic rings. The number of benzene rings is 1. The Bertz CT molecular complexity index is 636. The van der Waals surface area contributed by atoms with E-state index in [9.17, 15) is 4.79 Å². The van der Waals surface area contributed by atoms with Crippen molar-refractivity contribution in [1.29, 1.82) is 0 Å². The third kappa shape index (κ3) is 3.91. The van der Waals surface area contributed by atoms with E-state index >= 15 is 0 Å². The lowest BCUT2D eigenvalue weighted by atomic mass is 10.1. The minimum absolute atomic E-state index is 0.220. The number of carbonyl (C=O) groups is 1. The first-order chi connectivity index (χ1) is 10.5. The van der Waals surface area contributed by atoms with E-state index in [1.165, 1.54) is 11.8 Å². The van der Waals surface area contributed by atoms with E-state index in [4.69, 9.17) is 9.72 Å². The molecule has 0 spiro atoms. The second-order valence-corrected chi connectivity index (χ2v) is 6.37. The van der Waals surface area contributed by atoms with Crippen molar-refractivity contribution >= 4 is 17.7 Å². The van der Waals surface area contributed by atoms with E-state index in [1.54, 1.807) is 11.8 Å². The molecule has 1 aromatic carbocycles. The molecule has 0 bridgehead atoms. The first-order valence-corrected chi connectivity index (χ1v) is 8.30. The molecule has 0 fully saturated rings. The van der Waals surface area contributed by atoms with Crippen LogP contribution >= 0.6 is 11.8 Å². The predicted molar refractivity (Wildman–Crippen MR) is 88.0 cm³/mol. The monoisotopic (exact) mass is 318 g/mol.